The van der Waals surface area contributed by atoms with E-state index < -0.39 is 35.0 Å². The molecule has 6 rings (SSSR count). The van der Waals surface area contributed by atoms with Crippen molar-refractivity contribution in [1.29, 1.82) is 0 Å². The van der Waals surface area contributed by atoms with Gasteiger partial charge in [0.2, 0.25) is 17.7 Å². The first-order chi connectivity index (χ1) is 18.7. The number of carbonyl (C=O) groups is 3. The smallest absolute Gasteiger partial charge is 0.246 e. The van der Waals surface area contributed by atoms with E-state index in [2.05, 4.69) is 15.8 Å². The van der Waals surface area contributed by atoms with Crippen LogP contribution in [-0.2, 0) is 25.7 Å². The summed E-state index contributed by atoms with van der Waals surface area (Å²) in [6.07, 6.45) is 8.78. The van der Waals surface area contributed by atoms with Gasteiger partial charge in [0.15, 0.2) is 5.82 Å². The number of ether oxygens (including phenoxy) is 2. The fourth-order valence-corrected chi connectivity index (χ4v) is 6.88. The molecule has 3 aliphatic heterocycles. The van der Waals surface area contributed by atoms with E-state index in [-0.39, 0.29) is 30.2 Å². The van der Waals surface area contributed by atoms with Crippen LogP contribution in [0.2, 0.25) is 0 Å². The van der Waals surface area contributed by atoms with Gasteiger partial charge >= 0.3 is 0 Å². The predicted octanol–water partition coefficient (Wildman–Crippen LogP) is 3.12. The maximum Gasteiger partial charge on any atom is 0.246 e. The van der Waals surface area contributed by atoms with Gasteiger partial charge < -0.3 is 29.5 Å². The first kappa shape index (κ1) is 25.6. The normalized spacial score (nSPS) is 31.4. The highest BCUT2D eigenvalue weighted by atomic mass is 16.5. The molecule has 4 heterocycles. The number of hydrogen-bond acceptors (Lipinski definition) is 7. The molecule has 2 aromatic rings. The molecule has 10 nitrogen and oxygen atoms in total. The van der Waals surface area contributed by atoms with Gasteiger partial charge in [-0.1, -0.05) is 48.7 Å². The minimum Gasteiger partial charge on any atom is -0.497 e. The molecule has 206 valence electrons. The lowest BCUT2D eigenvalue weighted by Crippen LogP contribution is -2.56. The molecule has 3 fully saturated rings. The van der Waals surface area contributed by atoms with Gasteiger partial charge in [-0.25, -0.2) is 0 Å². The first-order valence-corrected chi connectivity index (χ1v) is 13.6. The molecule has 1 aromatic carbocycles. The van der Waals surface area contributed by atoms with Crippen LogP contribution in [-0.4, -0.2) is 58.2 Å². The van der Waals surface area contributed by atoms with Gasteiger partial charge in [-0.05, 0) is 44.4 Å². The standard InChI is InChI=1S/C29H34N4O6/c1-17-15-21(32-38-17)31-25(34)22-23-27(36)33(16-18-9-11-20(37-3)12-10-18)24(29(23)14-13-28(22,2)39-29)26(35)30-19-7-5-4-6-8-19/h9-15,19,22-24H,4-8,16H2,1-3H3,(H,30,35)(H,31,32,34)/t22-,23-,24-,28+,29-/m1/s1. The predicted molar refractivity (Wildman–Crippen MR) is 141 cm³/mol. The van der Waals surface area contributed by atoms with Crippen molar-refractivity contribution in [3.05, 3.63) is 53.8 Å². The number of carbonyl (C=O) groups excluding carboxylic acids is 3. The summed E-state index contributed by atoms with van der Waals surface area (Å²) in [6, 6.07) is 8.17. The second-order valence-electron chi connectivity index (χ2n) is 11.3. The molecule has 0 radical (unpaired) electrons. The molecule has 39 heavy (non-hydrogen) atoms. The second-order valence-corrected chi connectivity index (χ2v) is 11.3. The zero-order valence-corrected chi connectivity index (χ0v) is 22.4. The van der Waals surface area contributed by atoms with Crippen LogP contribution in [0, 0.1) is 18.8 Å². The number of amides is 3. The number of aromatic nitrogens is 1. The van der Waals surface area contributed by atoms with E-state index in [0.717, 1.165) is 37.7 Å². The number of hydrogen-bond donors (Lipinski definition) is 2. The average molecular weight is 535 g/mol. The molecule has 1 spiro atoms. The van der Waals surface area contributed by atoms with Gasteiger partial charge in [0, 0.05) is 18.7 Å². The summed E-state index contributed by atoms with van der Waals surface area (Å²) >= 11 is 0. The maximum absolute atomic E-state index is 14.2. The van der Waals surface area contributed by atoms with Crippen LogP contribution in [0.4, 0.5) is 5.82 Å². The van der Waals surface area contributed by atoms with Crippen molar-refractivity contribution in [2.24, 2.45) is 11.8 Å². The summed E-state index contributed by atoms with van der Waals surface area (Å²) in [4.78, 5) is 43.4. The Morgan fingerprint density at radius 3 is 2.54 bits per heavy atom. The molecule has 5 atom stereocenters. The largest absolute Gasteiger partial charge is 0.497 e. The molecule has 3 amide bonds. The molecule has 0 unspecified atom stereocenters. The first-order valence-electron chi connectivity index (χ1n) is 13.6. The molecule has 10 heteroatoms. The number of methoxy groups -OCH3 is 1. The molecule has 2 bridgehead atoms. The topological polar surface area (TPSA) is 123 Å². The van der Waals surface area contributed by atoms with Gasteiger partial charge in [0.25, 0.3) is 0 Å². The lowest BCUT2D eigenvalue weighted by atomic mass is 9.70. The highest BCUT2D eigenvalue weighted by Crippen LogP contribution is 2.60. The van der Waals surface area contributed by atoms with Crippen molar-refractivity contribution in [1.82, 2.24) is 15.4 Å². The zero-order valence-electron chi connectivity index (χ0n) is 22.4. The van der Waals surface area contributed by atoms with Crippen molar-refractivity contribution in [2.75, 3.05) is 12.4 Å². The van der Waals surface area contributed by atoms with Crippen molar-refractivity contribution in [3.8, 4) is 5.75 Å². The highest BCUT2D eigenvalue weighted by molar-refractivity contribution is 6.03. The molecular weight excluding hydrogens is 500 g/mol. The number of nitrogens with one attached hydrogen (secondary N) is 2. The van der Waals surface area contributed by atoms with Gasteiger partial charge in [0.05, 0.1) is 24.5 Å². The Hall–Kier alpha value is -3.66. The summed E-state index contributed by atoms with van der Waals surface area (Å²) < 4.78 is 17.0. The van der Waals surface area contributed by atoms with E-state index in [4.69, 9.17) is 14.0 Å². The Morgan fingerprint density at radius 1 is 1.13 bits per heavy atom. The Kier molecular flexibility index (Phi) is 6.25. The van der Waals surface area contributed by atoms with Crippen LogP contribution in [0.25, 0.3) is 0 Å². The van der Waals surface area contributed by atoms with Crippen molar-refractivity contribution in [2.45, 2.75) is 75.8 Å². The molecule has 4 aliphatic rings. The molecular formula is C29H34N4O6. The van der Waals surface area contributed by atoms with Gasteiger partial charge in [-0.2, -0.15) is 0 Å². The Balaban J connectivity index is 1.35. The number of benzene rings is 1. The number of anilines is 1. The number of likely N-dealkylation sites (tertiary alicyclic amines) is 1. The van der Waals surface area contributed by atoms with Gasteiger partial charge in [-0.15, -0.1) is 0 Å². The fourth-order valence-electron chi connectivity index (χ4n) is 6.88. The second kappa shape index (κ2) is 9.51. The minimum atomic E-state index is -1.25. The molecule has 1 aromatic heterocycles. The van der Waals surface area contributed by atoms with Crippen LogP contribution in [0.1, 0.15) is 50.4 Å². The maximum atomic E-state index is 14.2. The highest BCUT2D eigenvalue weighted by Gasteiger charge is 2.76. The Labute approximate surface area is 227 Å². The number of nitrogens with zero attached hydrogens (tertiary/aromatic N) is 2. The van der Waals surface area contributed by atoms with Crippen molar-refractivity contribution < 1.29 is 28.4 Å². The summed E-state index contributed by atoms with van der Waals surface area (Å²) in [5.74, 6) is -1.10. The monoisotopic (exact) mass is 534 g/mol. The molecule has 2 saturated heterocycles. The number of fused-ring (bicyclic) bond motifs is 1. The number of aryl methyl sites for hydroxylation is 1. The third kappa shape index (κ3) is 4.21. The van der Waals surface area contributed by atoms with E-state index >= 15 is 0 Å². The quantitative estimate of drug-likeness (QED) is 0.523. The number of rotatable bonds is 7. The lowest BCUT2D eigenvalue weighted by Gasteiger charge is -2.34. The zero-order chi connectivity index (χ0) is 27.4. The van der Waals surface area contributed by atoms with Crippen LogP contribution >= 0.6 is 0 Å². The van der Waals surface area contributed by atoms with E-state index in [1.807, 2.05) is 36.4 Å². The fraction of sp³-hybridized carbons (Fsp3) is 0.517. The van der Waals surface area contributed by atoms with E-state index in [1.54, 1.807) is 31.9 Å². The van der Waals surface area contributed by atoms with Crippen LogP contribution < -0.4 is 15.4 Å². The third-order valence-electron chi connectivity index (χ3n) is 8.67. The van der Waals surface area contributed by atoms with Crippen molar-refractivity contribution >= 4 is 23.5 Å². The Morgan fingerprint density at radius 2 is 1.87 bits per heavy atom. The molecule has 1 saturated carbocycles. The van der Waals surface area contributed by atoms with E-state index in [0.29, 0.717) is 11.5 Å². The van der Waals surface area contributed by atoms with Crippen LogP contribution in [0.5, 0.6) is 5.75 Å². The van der Waals surface area contributed by atoms with Gasteiger partial charge in [0.1, 0.15) is 23.2 Å². The summed E-state index contributed by atoms with van der Waals surface area (Å²) in [5.41, 5.74) is -1.45. The van der Waals surface area contributed by atoms with Gasteiger partial charge in [-0.3, -0.25) is 14.4 Å². The van der Waals surface area contributed by atoms with Crippen molar-refractivity contribution in [3.63, 3.8) is 0 Å². The SMILES string of the molecule is COc1ccc(CN2C(=O)[C@H]3[C@H](C(=O)Nc4cc(C)on4)[C@]4(C)C=C[C@]3(O4)[C@H]2C(=O)NC2CCCCC2)cc1. The van der Waals surface area contributed by atoms with E-state index in [1.165, 1.54) is 0 Å². The Bertz CT molecular complexity index is 1320. The summed E-state index contributed by atoms with van der Waals surface area (Å²) in [7, 11) is 1.59. The van der Waals surface area contributed by atoms with Crippen LogP contribution in [0.15, 0.2) is 47.0 Å². The molecule has 2 N–H and O–H groups in total. The minimum absolute atomic E-state index is 0.0623. The third-order valence-corrected chi connectivity index (χ3v) is 8.67. The molecule has 1 aliphatic carbocycles. The lowest BCUT2D eigenvalue weighted by molar-refractivity contribution is -0.145. The average Bonchev–Trinajstić information content (AvgIpc) is 3.62. The summed E-state index contributed by atoms with van der Waals surface area (Å²) in [5, 5.41) is 9.88. The summed E-state index contributed by atoms with van der Waals surface area (Å²) in [6.45, 7) is 3.73. The van der Waals surface area contributed by atoms with Crippen LogP contribution in [0.3, 0.4) is 0 Å². The van der Waals surface area contributed by atoms with E-state index in [9.17, 15) is 14.4 Å².